The molecular formula is C12H11N. The first-order valence-corrected chi connectivity index (χ1v) is 4.36. The Morgan fingerprint density at radius 3 is 3.08 bits per heavy atom. The van der Waals surface area contributed by atoms with Gasteiger partial charge in [0.05, 0.1) is 0 Å². The van der Waals surface area contributed by atoms with Crippen LogP contribution in [0.25, 0.3) is 10.9 Å². The van der Waals surface area contributed by atoms with Crippen LogP contribution in [0.2, 0.25) is 0 Å². The normalized spacial score (nSPS) is 9.62. The number of aromatic nitrogens is 1. The van der Waals surface area contributed by atoms with Crippen molar-refractivity contribution in [3.05, 3.63) is 36.0 Å². The minimum absolute atomic E-state index is 0.839. The molecule has 64 valence electrons. The van der Waals surface area contributed by atoms with Crippen LogP contribution >= 0.6 is 0 Å². The molecule has 1 N–H and O–H groups in total. The van der Waals surface area contributed by atoms with Gasteiger partial charge in [0.1, 0.15) is 0 Å². The maximum Gasteiger partial charge on any atom is 0.0457 e. The molecule has 0 aliphatic heterocycles. The van der Waals surface area contributed by atoms with E-state index >= 15 is 0 Å². The highest BCUT2D eigenvalue weighted by Crippen LogP contribution is 2.14. The fourth-order valence-corrected chi connectivity index (χ4v) is 1.40. The minimum atomic E-state index is 0.839. The summed E-state index contributed by atoms with van der Waals surface area (Å²) in [6.45, 7) is 1.87. The van der Waals surface area contributed by atoms with Gasteiger partial charge >= 0.3 is 0 Å². The Bertz CT molecular complexity index is 468. The van der Waals surface area contributed by atoms with E-state index in [0.29, 0.717) is 0 Å². The van der Waals surface area contributed by atoms with Crippen LogP contribution in [-0.2, 0) is 6.42 Å². The van der Waals surface area contributed by atoms with Crippen molar-refractivity contribution in [2.45, 2.75) is 13.3 Å². The number of hydrogen-bond donors (Lipinski definition) is 1. The molecule has 0 aliphatic rings. The highest BCUT2D eigenvalue weighted by Gasteiger charge is 1.94. The number of nitrogens with one attached hydrogen (secondary N) is 1. The Hall–Kier alpha value is -1.68. The van der Waals surface area contributed by atoms with Gasteiger partial charge in [0.2, 0.25) is 0 Å². The summed E-state index contributed by atoms with van der Waals surface area (Å²) < 4.78 is 0. The zero-order valence-electron chi connectivity index (χ0n) is 7.59. The molecule has 0 amide bonds. The zero-order chi connectivity index (χ0) is 9.10. The first kappa shape index (κ1) is 7.94. The lowest BCUT2D eigenvalue weighted by Crippen LogP contribution is -1.80. The van der Waals surface area contributed by atoms with Gasteiger partial charge in [-0.3, -0.25) is 0 Å². The van der Waals surface area contributed by atoms with E-state index in [1.807, 2.05) is 13.1 Å². The lowest BCUT2D eigenvalue weighted by molar-refractivity contribution is 1.32. The molecule has 1 heteroatoms. The molecule has 0 radical (unpaired) electrons. The maximum atomic E-state index is 3.19. The van der Waals surface area contributed by atoms with E-state index in [0.717, 1.165) is 6.42 Å². The second-order valence-electron chi connectivity index (χ2n) is 3.00. The summed E-state index contributed by atoms with van der Waals surface area (Å²) in [6.07, 6.45) is 2.80. The molecule has 13 heavy (non-hydrogen) atoms. The van der Waals surface area contributed by atoms with E-state index in [2.05, 4.69) is 41.1 Å². The van der Waals surface area contributed by atoms with Crippen molar-refractivity contribution >= 4 is 10.9 Å². The first-order valence-electron chi connectivity index (χ1n) is 4.36. The van der Waals surface area contributed by atoms with Crippen molar-refractivity contribution < 1.29 is 0 Å². The number of H-pyrrole nitrogens is 1. The second kappa shape index (κ2) is 3.37. The monoisotopic (exact) mass is 169 g/mol. The van der Waals surface area contributed by atoms with Crippen LogP contribution in [0.5, 0.6) is 0 Å². The molecule has 1 nitrogen and oxygen atoms in total. The number of hydrogen-bond acceptors (Lipinski definition) is 0. The third kappa shape index (κ3) is 1.57. The van der Waals surface area contributed by atoms with Crippen LogP contribution in [-0.4, -0.2) is 4.98 Å². The van der Waals surface area contributed by atoms with Crippen LogP contribution in [0.1, 0.15) is 12.5 Å². The number of benzene rings is 1. The highest BCUT2D eigenvalue weighted by molar-refractivity contribution is 5.79. The lowest BCUT2D eigenvalue weighted by Gasteiger charge is -1.94. The molecule has 2 rings (SSSR count). The number of rotatable bonds is 1. The van der Waals surface area contributed by atoms with Gasteiger partial charge in [-0.1, -0.05) is 18.1 Å². The third-order valence-corrected chi connectivity index (χ3v) is 2.09. The molecule has 0 saturated heterocycles. The topological polar surface area (TPSA) is 15.8 Å². The van der Waals surface area contributed by atoms with E-state index in [9.17, 15) is 0 Å². The molecule has 0 saturated carbocycles. The van der Waals surface area contributed by atoms with Crippen LogP contribution < -0.4 is 0 Å². The SMILES string of the molecule is CC#CCc1ccc2cc[nH]c2c1. The van der Waals surface area contributed by atoms with Crippen molar-refractivity contribution in [1.82, 2.24) is 4.98 Å². The summed E-state index contributed by atoms with van der Waals surface area (Å²) in [5.41, 5.74) is 2.46. The Kier molecular flexibility index (Phi) is 2.06. The van der Waals surface area contributed by atoms with Gasteiger partial charge in [-0.2, -0.15) is 0 Å². The standard InChI is InChI=1S/C12H11N/c1-2-3-4-10-5-6-11-7-8-13-12(11)9-10/h5-9,13H,4H2,1H3. The summed E-state index contributed by atoms with van der Waals surface area (Å²) >= 11 is 0. The van der Waals surface area contributed by atoms with Crippen molar-refractivity contribution in [3.63, 3.8) is 0 Å². The Morgan fingerprint density at radius 1 is 1.31 bits per heavy atom. The predicted molar refractivity (Wildman–Crippen MR) is 55.5 cm³/mol. The van der Waals surface area contributed by atoms with Crippen LogP contribution in [0, 0.1) is 11.8 Å². The highest BCUT2D eigenvalue weighted by atomic mass is 14.7. The molecule has 0 aliphatic carbocycles. The third-order valence-electron chi connectivity index (χ3n) is 2.09. The summed E-state index contributed by atoms with van der Waals surface area (Å²) in [5.74, 6) is 5.96. The van der Waals surface area contributed by atoms with Gasteiger partial charge in [0.15, 0.2) is 0 Å². The van der Waals surface area contributed by atoms with E-state index < -0.39 is 0 Å². The summed E-state index contributed by atoms with van der Waals surface area (Å²) in [6, 6.07) is 8.48. The quantitative estimate of drug-likeness (QED) is 0.632. The molecule has 1 aromatic heterocycles. The average molecular weight is 169 g/mol. The van der Waals surface area contributed by atoms with Gasteiger partial charge in [0, 0.05) is 18.1 Å². The molecule has 0 unspecified atom stereocenters. The van der Waals surface area contributed by atoms with E-state index in [1.165, 1.54) is 16.5 Å². The summed E-state index contributed by atoms with van der Waals surface area (Å²) in [7, 11) is 0. The minimum Gasteiger partial charge on any atom is -0.361 e. The molecule has 1 aromatic carbocycles. The number of aromatic amines is 1. The molecule has 0 fully saturated rings. The van der Waals surface area contributed by atoms with Gasteiger partial charge in [0.25, 0.3) is 0 Å². The van der Waals surface area contributed by atoms with Crippen LogP contribution in [0.4, 0.5) is 0 Å². The largest absolute Gasteiger partial charge is 0.361 e. The van der Waals surface area contributed by atoms with Gasteiger partial charge < -0.3 is 4.98 Å². The Morgan fingerprint density at radius 2 is 2.23 bits per heavy atom. The van der Waals surface area contributed by atoms with Gasteiger partial charge in [-0.25, -0.2) is 0 Å². The van der Waals surface area contributed by atoms with E-state index in [4.69, 9.17) is 0 Å². The molecule has 0 atom stereocenters. The van der Waals surface area contributed by atoms with Crippen molar-refractivity contribution in [1.29, 1.82) is 0 Å². The molecule has 2 aromatic rings. The number of fused-ring (bicyclic) bond motifs is 1. The van der Waals surface area contributed by atoms with E-state index in [1.54, 1.807) is 0 Å². The molecule has 0 spiro atoms. The van der Waals surface area contributed by atoms with Crippen molar-refractivity contribution in [3.8, 4) is 11.8 Å². The maximum absolute atomic E-state index is 3.19. The Balaban J connectivity index is 2.40. The average Bonchev–Trinajstić information content (AvgIpc) is 2.61. The van der Waals surface area contributed by atoms with Crippen molar-refractivity contribution in [2.75, 3.05) is 0 Å². The van der Waals surface area contributed by atoms with Crippen LogP contribution in [0.15, 0.2) is 30.5 Å². The van der Waals surface area contributed by atoms with Crippen molar-refractivity contribution in [2.24, 2.45) is 0 Å². The predicted octanol–water partition coefficient (Wildman–Crippen LogP) is 2.73. The first-order chi connectivity index (χ1) is 6.40. The molecule has 0 bridgehead atoms. The smallest absolute Gasteiger partial charge is 0.0457 e. The second-order valence-corrected chi connectivity index (χ2v) is 3.00. The fourth-order valence-electron chi connectivity index (χ4n) is 1.40. The van der Waals surface area contributed by atoms with Gasteiger partial charge in [-0.15, -0.1) is 5.92 Å². The molecule has 1 heterocycles. The van der Waals surface area contributed by atoms with Crippen LogP contribution in [0.3, 0.4) is 0 Å². The van der Waals surface area contributed by atoms with Gasteiger partial charge in [-0.05, 0) is 30.0 Å². The fraction of sp³-hybridized carbons (Fsp3) is 0.167. The lowest BCUT2D eigenvalue weighted by atomic mass is 10.1. The Labute approximate surface area is 77.8 Å². The molecular weight excluding hydrogens is 158 g/mol. The zero-order valence-corrected chi connectivity index (χ0v) is 7.59. The summed E-state index contributed by atoms with van der Waals surface area (Å²) in [5, 5.41) is 1.26. The summed E-state index contributed by atoms with van der Waals surface area (Å²) in [4.78, 5) is 3.19. The van der Waals surface area contributed by atoms with E-state index in [-0.39, 0.29) is 0 Å².